The molecule has 0 spiro atoms. The van der Waals surface area contributed by atoms with Crippen LogP contribution in [0.2, 0.25) is 0 Å². The molecule has 1 aromatic heterocycles. The Kier molecular flexibility index (Phi) is 4.42. The van der Waals surface area contributed by atoms with Crippen molar-refractivity contribution in [2.75, 3.05) is 0 Å². The van der Waals surface area contributed by atoms with Crippen molar-refractivity contribution in [3.63, 3.8) is 0 Å². The van der Waals surface area contributed by atoms with Gasteiger partial charge in [-0.25, -0.2) is 0 Å². The number of halogens is 1. The number of thiophene rings is 1. The van der Waals surface area contributed by atoms with Crippen LogP contribution < -0.4 is 5.73 Å². The molecule has 74 valence electrons. The first kappa shape index (κ1) is 11.2. The molecule has 13 heavy (non-hydrogen) atoms. The van der Waals surface area contributed by atoms with Crippen molar-refractivity contribution in [2.24, 2.45) is 11.7 Å². The molecule has 1 nitrogen and oxygen atoms in total. The van der Waals surface area contributed by atoms with Gasteiger partial charge in [0.15, 0.2) is 0 Å². The van der Waals surface area contributed by atoms with Gasteiger partial charge >= 0.3 is 0 Å². The Morgan fingerprint density at radius 3 is 2.62 bits per heavy atom. The third kappa shape index (κ3) is 3.41. The maximum Gasteiger partial charge on any atom is 0.0401 e. The molecule has 0 fully saturated rings. The Bertz CT molecular complexity index is 257. The minimum absolute atomic E-state index is 0.205. The first-order valence-electron chi connectivity index (χ1n) is 4.59. The molecule has 1 aromatic rings. The SMILES string of the molecule is CC(C)CC[C@@H](N)c1sccc1Br. The van der Waals surface area contributed by atoms with Gasteiger partial charge in [0.2, 0.25) is 0 Å². The molecular weight excluding hydrogens is 246 g/mol. The standard InChI is InChI=1S/C10H16BrNS/c1-7(2)3-4-9(12)10-8(11)5-6-13-10/h5-7,9H,3-4,12H2,1-2H3/t9-/m1/s1. The monoisotopic (exact) mass is 261 g/mol. The summed E-state index contributed by atoms with van der Waals surface area (Å²) in [5.41, 5.74) is 6.07. The lowest BCUT2D eigenvalue weighted by atomic mass is 10.0. The summed E-state index contributed by atoms with van der Waals surface area (Å²) in [6.07, 6.45) is 2.28. The molecule has 0 radical (unpaired) electrons. The smallest absolute Gasteiger partial charge is 0.0401 e. The molecule has 0 aliphatic heterocycles. The number of hydrogen-bond acceptors (Lipinski definition) is 2. The third-order valence-electron chi connectivity index (χ3n) is 2.04. The predicted molar refractivity (Wildman–Crippen MR) is 63.0 cm³/mol. The fraction of sp³-hybridized carbons (Fsp3) is 0.600. The van der Waals surface area contributed by atoms with Crippen LogP contribution in [0.5, 0.6) is 0 Å². The van der Waals surface area contributed by atoms with Crippen molar-refractivity contribution in [3.8, 4) is 0 Å². The van der Waals surface area contributed by atoms with Crippen molar-refractivity contribution in [3.05, 3.63) is 20.8 Å². The number of rotatable bonds is 4. The second-order valence-electron chi connectivity index (χ2n) is 3.71. The molecule has 0 aliphatic carbocycles. The van der Waals surface area contributed by atoms with Gasteiger partial charge in [-0.2, -0.15) is 0 Å². The zero-order chi connectivity index (χ0) is 9.84. The Hall–Kier alpha value is 0.140. The van der Waals surface area contributed by atoms with Gasteiger partial charge in [-0.3, -0.25) is 0 Å². The largest absolute Gasteiger partial charge is 0.323 e. The lowest BCUT2D eigenvalue weighted by Crippen LogP contribution is -2.09. The van der Waals surface area contributed by atoms with Crippen LogP contribution in [0.4, 0.5) is 0 Å². The molecule has 1 rings (SSSR count). The lowest BCUT2D eigenvalue weighted by Gasteiger charge is -2.11. The summed E-state index contributed by atoms with van der Waals surface area (Å²) in [7, 11) is 0. The number of nitrogens with two attached hydrogens (primary N) is 1. The van der Waals surface area contributed by atoms with Gasteiger partial charge in [-0.15, -0.1) is 11.3 Å². The van der Waals surface area contributed by atoms with Crippen LogP contribution in [-0.4, -0.2) is 0 Å². The minimum Gasteiger partial charge on any atom is -0.323 e. The van der Waals surface area contributed by atoms with Gasteiger partial charge in [-0.05, 0) is 46.1 Å². The minimum atomic E-state index is 0.205. The van der Waals surface area contributed by atoms with E-state index in [-0.39, 0.29) is 6.04 Å². The fourth-order valence-corrected chi connectivity index (χ4v) is 2.92. The maximum atomic E-state index is 6.07. The third-order valence-corrected chi connectivity index (χ3v) is 4.04. The normalized spacial score (nSPS) is 13.6. The van der Waals surface area contributed by atoms with Crippen LogP contribution in [0, 0.1) is 5.92 Å². The van der Waals surface area contributed by atoms with E-state index in [9.17, 15) is 0 Å². The van der Waals surface area contributed by atoms with E-state index in [4.69, 9.17) is 5.73 Å². The van der Waals surface area contributed by atoms with E-state index in [1.54, 1.807) is 11.3 Å². The van der Waals surface area contributed by atoms with Gasteiger partial charge in [0, 0.05) is 15.4 Å². The summed E-state index contributed by atoms with van der Waals surface area (Å²) in [6, 6.07) is 2.27. The molecule has 0 aromatic carbocycles. The van der Waals surface area contributed by atoms with Gasteiger partial charge in [0.05, 0.1) is 0 Å². The molecule has 0 saturated carbocycles. The molecule has 0 unspecified atom stereocenters. The molecule has 1 heterocycles. The van der Waals surface area contributed by atoms with Gasteiger partial charge in [0.1, 0.15) is 0 Å². The van der Waals surface area contributed by atoms with Crippen LogP contribution in [0.25, 0.3) is 0 Å². The average molecular weight is 262 g/mol. The van der Waals surface area contributed by atoms with E-state index in [1.165, 1.54) is 11.3 Å². The zero-order valence-corrected chi connectivity index (χ0v) is 10.5. The molecule has 0 aliphatic rings. The molecule has 0 bridgehead atoms. The van der Waals surface area contributed by atoms with Gasteiger partial charge in [0.25, 0.3) is 0 Å². The Morgan fingerprint density at radius 1 is 1.46 bits per heavy atom. The molecule has 2 N–H and O–H groups in total. The quantitative estimate of drug-likeness (QED) is 0.873. The van der Waals surface area contributed by atoms with Gasteiger partial charge < -0.3 is 5.73 Å². The highest BCUT2D eigenvalue weighted by Gasteiger charge is 2.11. The topological polar surface area (TPSA) is 26.0 Å². The fourth-order valence-electron chi connectivity index (χ4n) is 1.21. The van der Waals surface area contributed by atoms with Crippen LogP contribution in [0.3, 0.4) is 0 Å². The molecule has 0 amide bonds. The maximum absolute atomic E-state index is 6.07. The molecule has 0 saturated heterocycles. The molecule has 1 atom stereocenters. The van der Waals surface area contributed by atoms with Crippen LogP contribution >= 0.6 is 27.3 Å². The van der Waals surface area contributed by atoms with Crippen molar-refractivity contribution in [1.29, 1.82) is 0 Å². The van der Waals surface area contributed by atoms with Crippen molar-refractivity contribution in [2.45, 2.75) is 32.7 Å². The van der Waals surface area contributed by atoms with E-state index in [0.29, 0.717) is 0 Å². The lowest BCUT2D eigenvalue weighted by molar-refractivity contribution is 0.510. The summed E-state index contributed by atoms with van der Waals surface area (Å²) < 4.78 is 1.16. The van der Waals surface area contributed by atoms with Crippen LogP contribution in [-0.2, 0) is 0 Å². The average Bonchev–Trinajstić information content (AvgIpc) is 2.47. The van der Waals surface area contributed by atoms with E-state index in [1.807, 2.05) is 0 Å². The van der Waals surface area contributed by atoms with E-state index >= 15 is 0 Å². The molecule has 3 heteroatoms. The van der Waals surface area contributed by atoms with E-state index < -0.39 is 0 Å². The Morgan fingerprint density at radius 2 is 2.15 bits per heavy atom. The summed E-state index contributed by atoms with van der Waals surface area (Å²) in [5, 5.41) is 2.08. The van der Waals surface area contributed by atoms with Crippen LogP contribution in [0.1, 0.15) is 37.6 Å². The second-order valence-corrected chi connectivity index (χ2v) is 5.51. The van der Waals surface area contributed by atoms with E-state index in [2.05, 4.69) is 41.2 Å². The number of hydrogen-bond donors (Lipinski definition) is 1. The van der Waals surface area contributed by atoms with Crippen molar-refractivity contribution >= 4 is 27.3 Å². The summed E-state index contributed by atoms with van der Waals surface area (Å²) in [6.45, 7) is 4.46. The first-order valence-corrected chi connectivity index (χ1v) is 6.27. The summed E-state index contributed by atoms with van der Waals surface area (Å²) in [4.78, 5) is 1.28. The Balaban J connectivity index is 2.49. The van der Waals surface area contributed by atoms with E-state index in [0.717, 1.165) is 16.8 Å². The highest BCUT2D eigenvalue weighted by molar-refractivity contribution is 9.10. The van der Waals surface area contributed by atoms with Gasteiger partial charge in [-0.1, -0.05) is 13.8 Å². The second kappa shape index (κ2) is 5.13. The summed E-state index contributed by atoms with van der Waals surface area (Å²) >= 11 is 5.24. The summed E-state index contributed by atoms with van der Waals surface area (Å²) in [5.74, 6) is 0.741. The molecular formula is C10H16BrNS. The first-order chi connectivity index (χ1) is 6.11. The van der Waals surface area contributed by atoms with Crippen molar-refractivity contribution < 1.29 is 0 Å². The predicted octanol–water partition coefficient (Wildman–Crippen LogP) is 3.95. The highest BCUT2D eigenvalue weighted by atomic mass is 79.9. The highest BCUT2D eigenvalue weighted by Crippen LogP contribution is 2.30. The van der Waals surface area contributed by atoms with Crippen LogP contribution in [0.15, 0.2) is 15.9 Å². The Labute approximate surface area is 92.5 Å². The van der Waals surface area contributed by atoms with Crippen molar-refractivity contribution in [1.82, 2.24) is 0 Å². The zero-order valence-electron chi connectivity index (χ0n) is 8.09.